The zero-order chi connectivity index (χ0) is 26.2. The number of ether oxygens (including phenoxy) is 1. The van der Waals surface area contributed by atoms with Crippen molar-refractivity contribution in [1.29, 1.82) is 0 Å². The second-order valence-electron chi connectivity index (χ2n) is 10.6. The molecule has 2 aromatic carbocycles. The quantitative estimate of drug-likeness (QED) is 0.266. The van der Waals surface area contributed by atoms with Crippen molar-refractivity contribution in [2.45, 2.75) is 57.9 Å². The highest BCUT2D eigenvalue weighted by Gasteiger charge is 2.31. The van der Waals surface area contributed by atoms with Gasteiger partial charge in [0.1, 0.15) is 10.8 Å². The summed E-state index contributed by atoms with van der Waals surface area (Å²) in [5, 5.41) is 3.79. The van der Waals surface area contributed by atoms with Gasteiger partial charge in [0.05, 0.1) is 23.6 Å². The summed E-state index contributed by atoms with van der Waals surface area (Å²) in [4.78, 5) is 23.9. The number of amides is 1. The van der Waals surface area contributed by atoms with E-state index in [1.54, 1.807) is 11.3 Å². The van der Waals surface area contributed by atoms with Gasteiger partial charge >= 0.3 is 6.09 Å². The Morgan fingerprint density at radius 3 is 2.46 bits per heavy atom. The number of halogens is 1. The Bertz CT molecular complexity index is 1370. The van der Waals surface area contributed by atoms with Crippen molar-refractivity contribution in [2.24, 2.45) is 0 Å². The molecule has 1 saturated heterocycles. The van der Waals surface area contributed by atoms with Gasteiger partial charge in [-0.05, 0) is 55.2 Å². The van der Waals surface area contributed by atoms with Gasteiger partial charge in [0.15, 0.2) is 0 Å². The Kier molecular flexibility index (Phi) is 7.28. The maximum Gasteiger partial charge on any atom is 0.409 e. The predicted octanol–water partition coefficient (Wildman–Crippen LogP) is 7.42. The monoisotopic (exact) mass is 536 g/mol. The van der Waals surface area contributed by atoms with Gasteiger partial charge in [-0.25, -0.2) is 14.8 Å². The third-order valence-corrected chi connectivity index (χ3v) is 8.07. The number of likely N-dealkylation sites (tertiary alicyclic amines) is 1. The van der Waals surface area contributed by atoms with E-state index in [1.165, 1.54) is 5.56 Å². The molecule has 3 heterocycles. The molecule has 2 aromatic heterocycles. The molecule has 1 aliphatic heterocycles. The second kappa shape index (κ2) is 10.5. The van der Waals surface area contributed by atoms with E-state index in [2.05, 4.69) is 60.7 Å². The van der Waals surface area contributed by atoms with Crippen molar-refractivity contribution in [3.63, 3.8) is 0 Å². The SMILES string of the molecule is CCOC(=O)N1CCC(n2c(C(C)(C)C)nc3ccc(C(c4ccc(Cl)cc4)c4nccs4)cc32)CC1. The standard InChI is InChI=1S/C29H33ClN4O2S/c1-5-36-28(35)33-15-12-22(13-16-33)34-24-18-20(8-11-23(24)32-27(34)29(2,3)4)25(26-31-14-17-37-26)19-6-9-21(30)10-7-19/h6-11,14,17-18,22,25H,5,12-13,15-16H2,1-4H3. The number of benzene rings is 2. The first-order chi connectivity index (χ1) is 17.8. The maximum absolute atomic E-state index is 12.3. The van der Waals surface area contributed by atoms with Crippen LogP contribution in [0.5, 0.6) is 0 Å². The number of nitrogens with zero attached hydrogens (tertiary/aromatic N) is 4. The van der Waals surface area contributed by atoms with Crippen LogP contribution in [-0.4, -0.2) is 45.2 Å². The van der Waals surface area contributed by atoms with Gasteiger partial charge in [0.2, 0.25) is 0 Å². The number of carbonyl (C=O) groups excluding carboxylic acids is 1. The summed E-state index contributed by atoms with van der Waals surface area (Å²) in [7, 11) is 0. The van der Waals surface area contributed by atoms with Crippen molar-refractivity contribution < 1.29 is 9.53 Å². The molecule has 37 heavy (non-hydrogen) atoms. The van der Waals surface area contributed by atoms with Crippen LogP contribution in [-0.2, 0) is 10.2 Å². The molecule has 6 nitrogen and oxygen atoms in total. The summed E-state index contributed by atoms with van der Waals surface area (Å²) < 4.78 is 7.67. The normalized spacial score (nSPS) is 15.8. The number of hydrogen-bond acceptors (Lipinski definition) is 5. The van der Waals surface area contributed by atoms with Crippen LogP contribution >= 0.6 is 22.9 Å². The minimum Gasteiger partial charge on any atom is -0.450 e. The highest BCUT2D eigenvalue weighted by atomic mass is 35.5. The number of thiazole rings is 1. The lowest BCUT2D eigenvalue weighted by molar-refractivity contribution is 0.0925. The van der Waals surface area contributed by atoms with E-state index in [0.717, 1.165) is 45.3 Å². The smallest absolute Gasteiger partial charge is 0.409 e. The van der Waals surface area contributed by atoms with E-state index in [1.807, 2.05) is 35.5 Å². The molecule has 0 radical (unpaired) electrons. The average molecular weight is 537 g/mol. The minimum absolute atomic E-state index is 0.00812. The number of aromatic nitrogens is 3. The minimum atomic E-state index is -0.218. The molecule has 0 saturated carbocycles. The van der Waals surface area contributed by atoms with Crippen LogP contribution < -0.4 is 0 Å². The van der Waals surface area contributed by atoms with Crippen LogP contribution in [0.25, 0.3) is 11.0 Å². The zero-order valence-corrected chi connectivity index (χ0v) is 23.4. The van der Waals surface area contributed by atoms with Crippen LogP contribution in [0.15, 0.2) is 54.0 Å². The topological polar surface area (TPSA) is 60.2 Å². The zero-order valence-electron chi connectivity index (χ0n) is 21.8. The lowest BCUT2D eigenvalue weighted by atomic mass is 9.91. The molecular weight excluding hydrogens is 504 g/mol. The molecule has 1 amide bonds. The van der Waals surface area contributed by atoms with E-state index in [4.69, 9.17) is 21.3 Å². The number of hydrogen-bond donors (Lipinski definition) is 0. The van der Waals surface area contributed by atoms with Gasteiger partial charge in [-0.2, -0.15) is 0 Å². The first kappa shape index (κ1) is 25.7. The molecule has 1 atom stereocenters. The van der Waals surface area contributed by atoms with Gasteiger partial charge in [-0.1, -0.05) is 50.6 Å². The van der Waals surface area contributed by atoms with Crippen molar-refractivity contribution in [3.8, 4) is 0 Å². The van der Waals surface area contributed by atoms with E-state index in [-0.39, 0.29) is 23.5 Å². The Balaban J connectivity index is 1.58. The highest BCUT2D eigenvalue weighted by molar-refractivity contribution is 7.09. The summed E-state index contributed by atoms with van der Waals surface area (Å²) >= 11 is 7.87. The summed E-state index contributed by atoms with van der Waals surface area (Å²) in [6.45, 7) is 10.2. The van der Waals surface area contributed by atoms with Crippen molar-refractivity contribution in [1.82, 2.24) is 19.4 Å². The number of carbonyl (C=O) groups is 1. The molecule has 5 rings (SSSR count). The van der Waals surface area contributed by atoms with E-state index in [9.17, 15) is 4.79 Å². The van der Waals surface area contributed by atoms with Crippen LogP contribution in [0.2, 0.25) is 5.02 Å². The molecule has 4 aromatic rings. The second-order valence-corrected chi connectivity index (χ2v) is 11.9. The van der Waals surface area contributed by atoms with Gasteiger partial charge in [0, 0.05) is 41.1 Å². The maximum atomic E-state index is 12.3. The lowest BCUT2D eigenvalue weighted by Crippen LogP contribution is -2.40. The van der Waals surface area contributed by atoms with Crippen LogP contribution in [0.4, 0.5) is 4.79 Å². The van der Waals surface area contributed by atoms with Crippen molar-refractivity contribution in [3.05, 3.63) is 81.0 Å². The van der Waals surface area contributed by atoms with Gasteiger partial charge in [0.25, 0.3) is 0 Å². The van der Waals surface area contributed by atoms with Crippen LogP contribution in [0.1, 0.15) is 74.5 Å². The van der Waals surface area contributed by atoms with Gasteiger partial charge < -0.3 is 14.2 Å². The highest BCUT2D eigenvalue weighted by Crippen LogP contribution is 2.38. The summed E-state index contributed by atoms with van der Waals surface area (Å²) in [5.74, 6) is 1.08. The summed E-state index contributed by atoms with van der Waals surface area (Å²) in [6, 6.07) is 14.9. The molecule has 1 aliphatic rings. The third-order valence-electron chi connectivity index (χ3n) is 6.98. The van der Waals surface area contributed by atoms with E-state index in [0.29, 0.717) is 19.7 Å². The number of imidazole rings is 1. The third kappa shape index (κ3) is 5.25. The Hall–Kier alpha value is -2.90. The molecule has 0 N–H and O–H groups in total. The Morgan fingerprint density at radius 1 is 1.14 bits per heavy atom. The number of rotatable bonds is 5. The summed E-state index contributed by atoms with van der Waals surface area (Å²) in [6.07, 6.45) is 3.37. The molecule has 8 heteroatoms. The largest absolute Gasteiger partial charge is 0.450 e. The number of piperidine rings is 1. The molecule has 1 unspecified atom stereocenters. The van der Waals surface area contributed by atoms with Crippen molar-refractivity contribution >= 4 is 40.1 Å². The van der Waals surface area contributed by atoms with Gasteiger partial charge in [-0.15, -0.1) is 11.3 Å². The van der Waals surface area contributed by atoms with Crippen LogP contribution in [0.3, 0.4) is 0 Å². The molecule has 0 spiro atoms. The molecule has 0 aliphatic carbocycles. The fourth-order valence-corrected chi connectivity index (χ4v) is 6.14. The van der Waals surface area contributed by atoms with Crippen LogP contribution in [0, 0.1) is 0 Å². The first-order valence-electron chi connectivity index (χ1n) is 12.8. The first-order valence-corrected chi connectivity index (χ1v) is 14.1. The fourth-order valence-electron chi connectivity index (χ4n) is 5.22. The average Bonchev–Trinajstić information content (AvgIpc) is 3.54. The molecule has 0 bridgehead atoms. The number of fused-ring (bicyclic) bond motifs is 1. The van der Waals surface area contributed by atoms with E-state index < -0.39 is 0 Å². The lowest BCUT2D eigenvalue weighted by Gasteiger charge is -2.34. The fraction of sp³-hybridized carbons (Fsp3) is 0.414. The van der Waals surface area contributed by atoms with Gasteiger partial charge in [-0.3, -0.25) is 0 Å². The Morgan fingerprint density at radius 2 is 1.84 bits per heavy atom. The predicted molar refractivity (Wildman–Crippen MR) is 150 cm³/mol. The molecule has 194 valence electrons. The molecule has 1 fully saturated rings. The van der Waals surface area contributed by atoms with E-state index >= 15 is 0 Å². The Labute approximate surface area is 227 Å². The molecular formula is C29H33ClN4O2S. The summed E-state index contributed by atoms with van der Waals surface area (Å²) in [5.41, 5.74) is 4.34. The van der Waals surface area contributed by atoms with Crippen molar-refractivity contribution in [2.75, 3.05) is 19.7 Å².